The van der Waals surface area contributed by atoms with Gasteiger partial charge in [0.15, 0.2) is 0 Å². The number of hydrogen-bond acceptors (Lipinski definition) is 1. The second-order valence-electron chi connectivity index (χ2n) is 2.15. The van der Waals surface area contributed by atoms with Gasteiger partial charge in [0.1, 0.15) is 4.60 Å². The minimum absolute atomic E-state index is 0.859. The quantitative estimate of drug-likeness (QED) is 0.632. The molecule has 0 amide bonds. The third kappa shape index (κ3) is 1.67. The van der Waals surface area contributed by atoms with Gasteiger partial charge in [0.2, 0.25) is 0 Å². The highest BCUT2D eigenvalue weighted by molar-refractivity contribution is 9.10. The molecular formula is C8H8BrN. The molecule has 0 aromatic carbocycles. The van der Waals surface area contributed by atoms with Gasteiger partial charge in [-0.15, -0.1) is 0 Å². The molecule has 0 unspecified atom stereocenters. The Morgan fingerprint density at radius 3 is 2.70 bits per heavy atom. The van der Waals surface area contributed by atoms with Gasteiger partial charge in [0.05, 0.1) is 0 Å². The molecule has 0 spiro atoms. The molecule has 1 nitrogen and oxygen atoms in total. The van der Waals surface area contributed by atoms with E-state index in [1.165, 1.54) is 0 Å². The zero-order valence-electron chi connectivity index (χ0n) is 5.76. The maximum Gasteiger partial charge on any atom is 0.106 e. The number of nitrogens with zero attached hydrogens (tertiary/aromatic N) is 1. The van der Waals surface area contributed by atoms with Crippen molar-refractivity contribution in [3.05, 3.63) is 35.1 Å². The molecule has 52 valence electrons. The minimum atomic E-state index is 0.859. The van der Waals surface area contributed by atoms with E-state index in [9.17, 15) is 0 Å². The molecule has 0 aliphatic carbocycles. The van der Waals surface area contributed by atoms with E-state index >= 15 is 0 Å². The van der Waals surface area contributed by atoms with Crippen molar-refractivity contribution in [3.63, 3.8) is 0 Å². The summed E-state index contributed by atoms with van der Waals surface area (Å²) in [6.07, 6.45) is 1.80. The van der Waals surface area contributed by atoms with E-state index in [4.69, 9.17) is 0 Å². The second-order valence-corrected chi connectivity index (χ2v) is 2.96. The zero-order chi connectivity index (χ0) is 7.56. The van der Waals surface area contributed by atoms with Crippen LogP contribution in [0.3, 0.4) is 0 Å². The van der Waals surface area contributed by atoms with E-state index < -0.39 is 0 Å². The minimum Gasteiger partial charge on any atom is -0.249 e. The predicted molar refractivity (Wildman–Crippen MR) is 46.6 cm³/mol. The van der Waals surface area contributed by atoms with Crippen molar-refractivity contribution in [1.82, 2.24) is 4.98 Å². The molecule has 1 heterocycles. The maximum absolute atomic E-state index is 4.06. The fourth-order valence-electron chi connectivity index (χ4n) is 0.628. The highest BCUT2D eigenvalue weighted by Gasteiger charge is 1.91. The van der Waals surface area contributed by atoms with Crippen molar-refractivity contribution < 1.29 is 0 Å². The Kier molecular flexibility index (Phi) is 2.22. The molecule has 0 saturated heterocycles. The van der Waals surface area contributed by atoms with Gasteiger partial charge < -0.3 is 0 Å². The van der Waals surface area contributed by atoms with Crippen LogP contribution < -0.4 is 0 Å². The lowest BCUT2D eigenvalue weighted by atomic mass is 10.2. The monoisotopic (exact) mass is 197 g/mol. The lowest BCUT2D eigenvalue weighted by molar-refractivity contribution is 1.26. The molecule has 0 saturated carbocycles. The molecule has 1 aromatic rings. The van der Waals surface area contributed by atoms with Crippen LogP contribution in [0.1, 0.15) is 12.5 Å². The Morgan fingerprint density at radius 2 is 2.30 bits per heavy atom. The van der Waals surface area contributed by atoms with Crippen LogP contribution in [0.4, 0.5) is 0 Å². The van der Waals surface area contributed by atoms with E-state index in [-0.39, 0.29) is 0 Å². The summed E-state index contributed by atoms with van der Waals surface area (Å²) in [5, 5.41) is 0. The van der Waals surface area contributed by atoms with Crippen LogP contribution in [-0.2, 0) is 0 Å². The highest BCUT2D eigenvalue weighted by atomic mass is 79.9. The average Bonchev–Trinajstić information content (AvgIpc) is 1.88. The van der Waals surface area contributed by atoms with E-state index in [0.29, 0.717) is 0 Å². The lowest BCUT2D eigenvalue weighted by Crippen LogP contribution is -1.79. The Bertz CT molecular complexity index is 238. The Morgan fingerprint density at radius 1 is 1.60 bits per heavy atom. The molecule has 2 heteroatoms. The zero-order valence-corrected chi connectivity index (χ0v) is 7.35. The van der Waals surface area contributed by atoms with Crippen LogP contribution in [0, 0.1) is 0 Å². The summed E-state index contributed by atoms with van der Waals surface area (Å²) in [5.41, 5.74) is 2.13. The summed E-state index contributed by atoms with van der Waals surface area (Å²) in [4.78, 5) is 4.06. The number of halogens is 1. The lowest BCUT2D eigenvalue weighted by Gasteiger charge is -1.96. The Balaban J connectivity index is 3.00. The number of aromatic nitrogens is 1. The largest absolute Gasteiger partial charge is 0.249 e. The molecule has 0 atom stereocenters. The standard InChI is InChI=1S/C8H8BrN/c1-6(2)7-3-4-8(9)10-5-7/h3-5H,1H2,2H3. The van der Waals surface area contributed by atoms with Gasteiger partial charge in [-0.25, -0.2) is 4.98 Å². The summed E-state index contributed by atoms with van der Waals surface area (Å²) < 4.78 is 0.859. The number of hydrogen-bond donors (Lipinski definition) is 0. The van der Waals surface area contributed by atoms with Crippen molar-refractivity contribution in [2.24, 2.45) is 0 Å². The SMILES string of the molecule is C=C(C)c1ccc(Br)nc1. The van der Waals surface area contributed by atoms with Crippen molar-refractivity contribution in [2.75, 3.05) is 0 Å². The number of allylic oxidation sites excluding steroid dienone is 1. The molecule has 0 aliphatic rings. The third-order valence-corrected chi connectivity index (χ3v) is 1.69. The van der Waals surface area contributed by atoms with E-state index in [1.54, 1.807) is 6.20 Å². The first kappa shape index (κ1) is 7.48. The number of rotatable bonds is 1. The van der Waals surface area contributed by atoms with Gasteiger partial charge in [0, 0.05) is 6.20 Å². The summed E-state index contributed by atoms with van der Waals surface area (Å²) >= 11 is 3.25. The van der Waals surface area contributed by atoms with Crippen LogP contribution in [0.25, 0.3) is 5.57 Å². The molecule has 1 aromatic heterocycles. The topological polar surface area (TPSA) is 12.9 Å². The summed E-state index contributed by atoms with van der Waals surface area (Å²) in [6, 6.07) is 3.89. The van der Waals surface area contributed by atoms with Gasteiger partial charge in [-0.1, -0.05) is 12.6 Å². The van der Waals surface area contributed by atoms with Gasteiger partial charge >= 0.3 is 0 Å². The third-order valence-electron chi connectivity index (χ3n) is 1.22. The summed E-state index contributed by atoms with van der Waals surface area (Å²) in [6.45, 7) is 5.76. The Labute approximate surface area is 68.9 Å². The molecule has 0 fully saturated rings. The van der Waals surface area contributed by atoms with Gasteiger partial charge in [-0.2, -0.15) is 0 Å². The van der Waals surface area contributed by atoms with Crippen LogP contribution in [0.15, 0.2) is 29.5 Å². The van der Waals surface area contributed by atoms with Crippen LogP contribution in [0.5, 0.6) is 0 Å². The molecule has 0 radical (unpaired) electrons. The molecule has 0 aliphatic heterocycles. The fourth-order valence-corrected chi connectivity index (χ4v) is 0.863. The average molecular weight is 198 g/mol. The van der Waals surface area contributed by atoms with Crippen molar-refractivity contribution in [1.29, 1.82) is 0 Å². The van der Waals surface area contributed by atoms with Crippen molar-refractivity contribution >= 4 is 21.5 Å². The number of pyridine rings is 1. The van der Waals surface area contributed by atoms with E-state index in [0.717, 1.165) is 15.7 Å². The molecule has 0 N–H and O–H groups in total. The van der Waals surface area contributed by atoms with E-state index in [1.807, 2.05) is 19.1 Å². The van der Waals surface area contributed by atoms with Gasteiger partial charge in [-0.3, -0.25) is 0 Å². The van der Waals surface area contributed by atoms with Gasteiger partial charge in [0.25, 0.3) is 0 Å². The maximum atomic E-state index is 4.06. The van der Waals surface area contributed by atoms with Gasteiger partial charge in [-0.05, 0) is 40.1 Å². The van der Waals surface area contributed by atoms with Crippen LogP contribution in [0.2, 0.25) is 0 Å². The van der Waals surface area contributed by atoms with E-state index in [2.05, 4.69) is 27.5 Å². The fraction of sp³-hybridized carbons (Fsp3) is 0.125. The van der Waals surface area contributed by atoms with Crippen molar-refractivity contribution in [3.8, 4) is 0 Å². The predicted octanol–water partition coefficient (Wildman–Crippen LogP) is 2.88. The second kappa shape index (κ2) is 2.97. The summed E-state index contributed by atoms with van der Waals surface area (Å²) in [5.74, 6) is 0. The smallest absolute Gasteiger partial charge is 0.106 e. The molecule has 1 rings (SSSR count). The molecular weight excluding hydrogens is 190 g/mol. The molecule has 10 heavy (non-hydrogen) atoms. The Hall–Kier alpha value is -0.630. The normalized spacial score (nSPS) is 9.40. The van der Waals surface area contributed by atoms with Crippen LogP contribution in [-0.4, -0.2) is 4.98 Å². The highest BCUT2D eigenvalue weighted by Crippen LogP contribution is 2.12. The molecule has 0 bridgehead atoms. The van der Waals surface area contributed by atoms with Crippen LogP contribution >= 0.6 is 15.9 Å². The first-order valence-electron chi connectivity index (χ1n) is 2.97. The summed E-state index contributed by atoms with van der Waals surface area (Å²) in [7, 11) is 0. The first-order chi connectivity index (χ1) is 4.70. The first-order valence-corrected chi connectivity index (χ1v) is 3.77. The van der Waals surface area contributed by atoms with Crippen molar-refractivity contribution in [2.45, 2.75) is 6.92 Å².